The van der Waals surface area contributed by atoms with Crippen LogP contribution in [0.15, 0.2) is 45.3 Å². The summed E-state index contributed by atoms with van der Waals surface area (Å²) in [5, 5.41) is 0. The number of ether oxygens (including phenoxy) is 2. The highest BCUT2D eigenvalue weighted by molar-refractivity contribution is 9.10. The molecule has 2 aromatic rings. The van der Waals surface area contributed by atoms with Crippen LogP contribution in [0.1, 0.15) is 5.56 Å². The van der Waals surface area contributed by atoms with Crippen molar-refractivity contribution in [3.63, 3.8) is 0 Å². The lowest BCUT2D eigenvalue weighted by Gasteiger charge is -2.11. The molecule has 0 aliphatic rings. The van der Waals surface area contributed by atoms with Crippen LogP contribution in [-0.2, 0) is 6.61 Å². The topological polar surface area (TPSA) is 18.5 Å². The van der Waals surface area contributed by atoms with Crippen molar-refractivity contribution in [3.05, 3.63) is 56.7 Å². The van der Waals surface area contributed by atoms with Gasteiger partial charge in [-0.2, -0.15) is 0 Å². The SMILES string of the molecule is COc1ccc(Br)cc1COc1ccc(F)c(Br)c1. The van der Waals surface area contributed by atoms with E-state index in [1.807, 2.05) is 18.2 Å². The molecule has 0 atom stereocenters. The largest absolute Gasteiger partial charge is 0.496 e. The minimum absolute atomic E-state index is 0.313. The lowest BCUT2D eigenvalue weighted by atomic mass is 10.2. The summed E-state index contributed by atoms with van der Waals surface area (Å²) in [7, 11) is 1.61. The molecule has 2 aromatic carbocycles. The predicted octanol–water partition coefficient (Wildman–Crippen LogP) is 4.94. The Balaban J connectivity index is 2.13. The van der Waals surface area contributed by atoms with Crippen LogP contribution in [0.2, 0.25) is 0 Å². The molecule has 0 saturated heterocycles. The quantitative estimate of drug-likeness (QED) is 0.737. The Morgan fingerprint density at radius 3 is 2.58 bits per heavy atom. The van der Waals surface area contributed by atoms with Crippen molar-refractivity contribution in [3.8, 4) is 11.5 Å². The minimum atomic E-state index is -0.313. The summed E-state index contributed by atoms with van der Waals surface area (Å²) in [6.45, 7) is 0.348. The summed E-state index contributed by atoms with van der Waals surface area (Å²) in [6.07, 6.45) is 0. The zero-order chi connectivity index (χ0) is 13.8. The molecule has 5 heteroatoms. The molecule has 0 aliphatic carbocycles. The van der Waals surface area contributed by atoms with Crippen molar-refractivity contribution < 1.29 is 13.9 Å². The number of hydrogen-bond acceptors (Lipinski definition) is 2. The van der Waals surface area contributed by atoms with Gasteiger partial charge in [0.15, 0.2) is 0 Å². The molecular formula is C14H11Br2FO2. The van der Waals surface area contributed by atoms with Gasteiger partial charge in [-0.05, 0) is 52.3 Å². The Bertz CT molecular complexity index is 588. The highest BCUT2D eigenvalue weighted by atomic mass is 79.9. The fourth-order valence-corrected chi connectivity index (χ4v) is 2.35. The van der Waals surface area contributed by atoms with Crippen molar-refractivity contribution in [1.82, 2.24) is 0 Å². The average molecular weight is 390 g/mol. The van der Waals surface area contributed by atoms with E-state index in [0.29, 0.717) is 16.8 Å². The third-order valence-electron chi connectivity index (χ3n) is 2.53. The predicted molar refractivity (Wildman–Crippen MR) is 79.1 cm³/mol. The number of hydrogen-bond donors (Lipinski definition) is 0. The summed E-state index contributed by atoms with van der Waals surface area (Å²) in [5.74, 6) is 1.03. The second kappa shape index (κ2) is 6.39. The van der Waals surface area contributed by atoms with Gasteiger partial charge < -0.3 is 9.47 Å². The molecule has 0 N–H and O–H groups in total. The smallest absolute Gasteiger partial charge is 0.137 e. The van der Waals surface area contributed by atoms with Crippen LogP contribution in [0, 0.1) is 5.82 Å². The Kier molecular flexibility index (Phi) is 4.82. The Hall–Kier alpha value is -1.07. The highest BCUT2D eigenvalue weighted by Gasteiger charge is 2.06. The van der Waals surface area contributed by atoms with E-state index in [-0.39, 0.29) is 5.82 Å². The molecule has 2 nitrogen and oxygen atoms in total. The van der Waals surface area contributed by atoms with Gasteiger partial charge in [0.2, 0.25) is 0 Å². The maximum atomic E-state index is 13.1. The molecule has 0 saturated carbocycles. The number of rotatable bonds is 4. The van der Waals surface area contributed by atoms with Crippen LogP contribution in [0.25, 0.3) is 0 Å². The molecule has 0 unspecified atom stereocenters. The monoisotopic (exact) mass is 388 g/mol. The molecular weight excluding hydrogens is 379 g/mol. The van der Waals surface area contributed by atoms with Crippen molar-refractivity contribution in [1.29, 1.82) is 0 Å². The normalized spacial score (nSPS) is 10.3. The summed E-state index contributed by atoms with van der Waals surface area (Å²) < 4.78 is 25.3. The lowest BCUT2D eigenvalue weighted by Crippen LogP contribution is -1.99. The van der Waals surface area contributed by atoms with Crippen LogP contribution in [-0.4, -0.2) is 7.11 Å². The van der Waals surface area contributed by atoms with E-state index in [0.717, 1.165) is 15.8 Å². The van der Waals surface area contributed by atoms with E-state index in [4.69, 9.17) is 9.47 Å². The first kappa shape index (κ1) is 14.3. The van der Waals surface area contributed by atoms with Gasteiger partial charge in [-0.1, -0.05) is 15.9 Å². The van der Waals surface area contributed by atoms with Gasteiger partial charge in [-0.3, -0.25) is 0 Å². The molecule has 0 heterocycles. The lowest BCUT2D eigenvalue weighted by molar-refractivity contribution is 0.296. The second-order valence-electron chi connectivity index (χ2n) is 3.82. The molecule has 0 radical (unpaired) electrons. The number of benzene rings is 2. The average Bonchev–Trinajstić information content (AvgIpc) is 2.40. The molecule has 0 aromatic heterocycles. The van der Waals surface area contributed by atoms with Crippen molar-refractivity contribution in [2.45, 2.75) is 6.61 Å². The molecule has 2 rings (SSSR count). The van der Waals surface area contributed by atoms with E-state index < -0.39 is 0 Å². The number of methoxy groups -OCH3 is 1. The highest BCUT2D eigenvalue weighted by Crippen LogP contribution is 2.26. The first-order valence-corrected chi connectivity index (χ1v) is 7.09. The fourth-order valence-electron chi connectivity index (χ4n) is 1.59. The Morgan fingerprint density at radius 1 is 1.11 bits per heavy atom. The van der Waals surface area contributed by atoms with Crippen LogP contribution in [0.4, 0.5) is 4.39 Å². The van der Waals surface area contributed by atoms with Crippen LogP contribution in [0.5, 0.6) is 11.5 Å². The second-order valence-corrected chi connectivity index (χ2v) is 5.59. The summed E-state index contributed by atoms with van der Waals surface area (Å²) in [4.78, 5) is 0. The molecule has 0 bridgehead atoms. The first-order chi connectivity index (χ1) is 9.10. The van der Waals surface area contributed by atoms with Crippen molar-refractivity contribution >= 4 is 31.9 Å². The van der Waals surface area contributed by atoms with Gasteiger partial charge in [0.1, 0.15) is 23.9 Å². The Labute approximate surface area is 127 Å². The fraction of sp³-hybridized carbons (Fsp3) is 0.143. The molecule has 100 valence electrons. The number of halogens is 3. The minimum Gasteiger partial charge on any atom is -0.496 e. The van der Waals surface area contributed by atoms with Gasteiger partial charge >= 0.3 is 0 Å². The summed E-state index contributed by atoms with van der Waals surface area (Å²) >= 11 is 6.53. The van der Waals surface area contributed by atoms with Gasteiger partial charge in [0.05, 0.1) is 11.6 Å². The third kappa shape index (κ3) is 3.70. The van der Waals surface area contributed by atoms with Gasteiger partial charge in [0.25, 0.3) is 0 Å². The van der Waals surface area contributed by atoms with Gasteiger partial charge in [-0.25, -0.2) is 4.39 Å². The molecule has 19 heavy (non-hydrogen) atoms. The molecule has 0 amide bonds. The zero-order valence-corrected chi connectivity index (χ0v) is 13.3. The molecule has 0 aliphatic heterocycles. The van der Waals surface area contributed by atoms with Crippen molar-refractivity contribution in [2.75, 3.05) is 7.11 Å². The molecule has 0 spiro atoms. The molecule has 0 fully saturated rings. The van der Waals surface area contributed by atoms with Gasteiger partial charge in [-0.15, -0.1) is 0 Å². The van der Waals surface area contributed by atoms with E-state index >= 15 is 0 Å². The maximum Gasteiger partial charge on any atom is 0.137 e. The van der Waals surface area contributed by atoms with Crippen LogP contribution >= 0.6 is 31.9 Å². The van der Waals surface area contributed by atoms with E-state index in [2.05, 4.69) is 31.9 Å². The van der Waals surface area contributed by atoms with Gasteiger partial charge in [0, 0.05) is 10.0 Å². The van der Waals surface area contributed by atoms with Crippen molar-refractivity contribution in [2.24, 2.45) is 0 Å². The standard InChI is InChI=1S/C14H11Br2FO2/c1-18-14-5-2-10(15)6-9(14)8-19-11-3-4-13(17)12(16)7-11/h2-7H,8H2,1H3. The third-order valence-corrected chi connectivity index (χ3v) is 3.63. The first-order valence-electron chi connectivity index (χ1n) is 5.50. The van der Waals surface area contributed by atoms with E-state index in [9.17, 15) is 4.39 Å². The summed E-state index contributed by atoms with van der Waals surface area (Å²) in [6, 6.07) is 10.2. The van der Waals surface area contributed by atoms with Crippen LogP contribution in [0.3, 0.4) is 0 Å². The Morgan fingerprint density at radius 2 is 1.89 bits per heavy atom. The van der Waals surface area contributed by atoms with Crippen LogP contribution < -0.4 is 9.47 Å². The van der Waals surface area contributed by atoms with E-state index in [1.165, 1.54) is 6.07 Å². The zero-order valence-electron chi connectivity index (χ0n) is 10.1. The summed E-state index contributed by atoms with van der Waals surface area (Å²) in [5.41, 5.74) is 0.914. The maximum absolute atomic E-state index is 13.1. The van der Waals surface area contributed by atoms with E-state index in [1.54, 1.807) is 19.2 Å².